The van der Waals surface area contributed by atoms with Gasteiger partial charge in [-0.15, -0.1) is 0 Å². The Morgan fingerprint density at radius 2 is 1.71 bits per heavy atom. The van der Waals surface area contributed by atoms with Gasteiger partial charge in [-0.25, -0.2) is 0 Å². The Hall–Kier alpha value is -0.570. The van der Waals surface area contributed by atoms with Crippen molar-refractivity contribution < 1.29 is 4.79 Å². The second kappa shape index (κ2) is 4.97. The van der Waals surface area contributed by atoms with E-state index in [9.17, 15) is 4.79 Å². The van der Waals surface area contributed by atoms with Gasteiger partial charge in [-0.1, -0.05) is 27.7 Å². The molecule has 17 heavy (non-hydrogen) atoms. The minimum Gasteiger partial charge on any atom is -0.349 e. The van der Waals surface area contributed by atoms with Crippen molar-refractivity contribution in [2.75, 3.05) is 27.2 Å². The van der Waals surface area contributed by atoms with Crippen LogP contribution in [-0.4, -0.2) is 38.0 Å². The first-order chi connectivity index (χ1) is 7.71. The molecule has 1 aliphatic rings. The fourth-order valence-electron chi connectivity index (χ4n) is 2.68. The van der Waals surface area contributed by atoms with Crippen molar-refractivity contribution >= 4 is 5.91 Å². The number of hydrogen-bond acceptors (Lipinski definition) is 2. The van der Waals surface area contributed by atoms with Crippen LogP contribution >= 0.6 is 0 Å². The summed E-state index contributed by atoms with van der Waals surface area (Å²) in [5.41, 5.74) is 0.916. The molecule has 0 radical (unpaired) electrons. The summed E-state index contributed by atoms with van der Waals surface area (Å²) < 4.78 is 0. The summed E-state index contributed by atoms with van der Waals surface area (Å²) in [5, 5.41) is 3.48. The van der Waals surface area contributed by atoms with E-state index >= 15 is 0 Å². The maximum atomic E-state index is 11.4. The molecule has 0 unspecified atom stereocenters. The molecule has 0 aliphatic heterocycles. The maximum Gasteiger partial charge on any atom is 0.222 e. The van der Waals surface area contributed by atoms with Crippen LogP contribution in [-0.2, 0) is 4.79 Å². The highest BCUT2D eigenvalue weighted by molar-refractivity contribution is 5.75. The van der Waals surface area contributed by atoms with Crippen LogP contribution in [0.2, 0.25) is 0 Å². The number of carbonyl (C=O) groups is 1. The molecule has 1 aliphatic carbocycles. The van der Waals surface area contributed by atoms with Crippen LogP contribution in [0, 0.1) is 16.7 Å². The number of nitrogens with zero attached hydrogens (tertiary/aromatic N) is 1. The zero-order valence-electron chi connectivity index (χ0n) is 12.3. The van der Waals surface area contributed by atoms with Gasteiger partial charge in [0, 0.05) is 20.5 Å². The molecule has 1 rings (SSSR count). The third-order valence-electron chi connectivity index (χ3n) is 4.91. The standard InChI is InChI=1S/C14H28N2O/c1-13(2)11(14(13,3)4)10-15-9-7-8-12(17)16(5)6/h11,15H,7-10H2,1-6H3. The quantitative estimate of drug-likeness (QED) is 0.721. The summed E-state index contributed by atoms with van der Waals surface area (Å²) in [6.45, 7) is 11.4. The summed E-state index contributed by atoms with van der Waals surface area (Å²) >= 11 is 0. The number of nitrogens with one attached hydrogen (secondary N) is 1. The van der Waals surface area contributed by atoms with E-state index in [1.165, 1.54) is 0 Å². The monoisotopic (exact) mass is 240 g/mol. The zero-order valence-corrected chi connectivity index (χ0v) is 12.3. The highest BCUT2D eigenvalue weighted by Crippen LogP contribution is 2.67. The molecular formula is C14H28N2O. The molecule has 0 bridgehead atoms. The van der Waals surface area contributed by atoms with E-state index in [0.717, 1.165) is 25.4 Å². The first-order valence-corrected chi connectivity index (χ1v) is 6.62. The molecule has 0 aromatic carbocycles. The average molecular weight is 240 g/mol. The van der Waals surface area contributed by atoms with Crippen molar-refractivity contribution in [2.45, 2.75) is 40.5 Å². The van der Waals surface area contributed by atoms with Crippen molar-refractivity contribution in [3.8, 4) is 0 Å². The van der Waals surface area contributed by atoms with Crippen LogP contribution < -0.4 is 5.32 Å². The SMILES string of the molecule is CN(C)C(=O)CCCNCC1C(C)(C)C1(C)C. The number of carbonyl (C=O) groups excluding carboxylic acids is 1. The summed E-state index contributed by atoms with van der Waals surface area (Å²) in [4.78, 5) is 13.0. The molecule has 1 saturated carbocycles. The van der Waals surface area contributed by atoms with Gasteiger partial charge in [0.15, 0.2) is 0 Å². The van der Waals surface area contributed by atoms with Gasteiger partial charge in [-0.3, -0.25) is 4.79 Å². The van der Waals surface area contributed by atoms with Gasteiger partial charge in [-0.2, -0.15) is 0 Å². The molecule has 0 atom stereocenters. The summed E-state index contributed by atoms with van der Waals surface area (Å²) in [5.74, 6) is 0.985. The lowest BCUT2D eigenvalue weighted by Crippen LogP contribution is -2.25. The predicted octanol–water partition coefficient (Wildman–Crippen LogP) is 2.13. The molecule has 3 heteroatoms. The van der Waals surface area contributed by atoms with Crippen molar-refractivity contribution in [1.82, 2.24) is 10.2 Å². The maximum absolute atomic E-state index is 11.4. The lowest BCUT2D eigenvalue weighted by molar-refractivity contribution is -0.128. The van der Waals surface area contributed by atoms with Gasteiger partial charge in [0.25, 0.3) is 0 Å². The van der Waals surface area contributed by atoms with Crippen LogP contribution in [0.15, 0.2) is 0 Å². The summed E-state index contributed by atoms with van der Waals surface area (Å²) in [7, 11) is 3.62. The normalized spacial score (nSPS) is 21.3. The first-order valence-electron chi connectivity index (χ1n) is 6.62. The van der Waals surface area contributed by atoms with E-state index in [0.29, 0.717) is 17.3 Å². The third kappa shape index (κ3) is 3.01. The van der Waals surface area contributed by atoms with Crippen LogP contribution in [0.3, 0.4) is 0 Å². The molecule has 0 saturated heterocycles. The topological polar surface area (TPSA) is 32.3 Å². The minimum atomic E-state index is 0.221. The van der Waals surface area contributed by atoms with Crippen molar-refractivity contribution in [3.63, 3.8) is 0 Å². The van der Waals surface area contributed by atoms with Crippen LogP contribution in [0.1, 0.15) is 40.5 Å². The highest BCUT2D eigenvalue weighted by Gasteiger charge is 2.63. The van der Waals surface area contributed by atoms with Crippen LogP contribution in [0.25, 0.3) is 0 Å². The molecule has 0 aromatic heterocycles. The highest BCUT2D eigenvalue weighted by atomic mass is 16.2. The molecule has 0 spiro atoms. The second-order valence-electron chi connectivity index (χ2n) is 6.59. The lowest BCUT2D eigenvalue weighted by Gasteiger charge is -2.10. The number of amides is 1. The fraction of sp³-hybridized carbons (Fsp3) is 0.929. The lowest BCUT2D eigenvalue weighted by atomic mass is 10.0. The van der Waals surface area contributed by atoms with E-state index in [-0.39, 0.29) is 5.91 Å². The van der Waals surface area contributed by atoms with Crippen molar-refractivity contribution in [1.29, 1.82) is 0 Å². The first kappa shape index (κ1) is 14.5. The number of rotatable bonds is 6. The molecule has 1 fully saturated rings. The Bertz CT molecular complexity index is 268. The Morgan fingerprint density at radius 3 is 2.12 bits per heavy atom. The van der Waals surface area contributed by atoms with E-state index in [4.69, 9.17) is 0 Å². The third-order valence-corrected chi connectivity index (χ3v) is 4.91. The van der Waals surface area contributed by atoms with Gasteiger partial charge >= 0.3 is 0 Å². The largest absolute Gasteiger partial charge is 0.349 e. The van der Waals surface area contributed by atoms with Gasteiger partial charge in [0.2, 0.25) is 5.91 Å². The molecule has 1 N–H and O–H groups in total. The van der Waals surface area contributed by atoms with Crippen LogP contribution in [0.5, 0.6) is 0 Å². The Balaban J connectivity index is 2.09. The van der Waals surface area contributed by atoms with Gasteiger partial charge in [0.05, 0.1) is 0 Å². The van der Waals surface area contributed by atoms with E-state index in [1.54, 1.807) is 4.90 Å². The predicted molar refractivity (Wildman–Crippen MR) is 71.8 cm³/mol. The molecule has 3 nitrogen and oxygen atoms in total. The van der Waals surface area contributed by atoms with E-state index in [1.807, 2.05) is 14.1 Å². The van der Waals surface area contributed by atoms with E-state index in [2.05, 4.69) is 33.0 Å². The Labute approximate surface area is 106 Å². The van der Waals surface area contributed by atoms with Crippen LogP contribution in [0.4, 0.5) is 0 Å². The van der Waals surface area contributed by atoms with Gasteiger partial charge in [-0.05, 0) is 36.3 Å². The van der Waals surface area contributed by atoms with Gasteiger partial charge in [0.1, 0.15) is 0 Å². The Kier molecular flexibility index (Phi) is 4.23. The van der Waals surface area contributed by atoms with Gasteiger partial charge < -0.3 is 10.2 Å². The molecule has 0 heterocycles. The molecular weight excluding hydrogens is 212 g/mol. The van der Waals surface area contributed by atoms with E-state index < -0.39 is 0 Å². The molecule has 1 amide bonds. The zero-order chi connectivity index (χ0) is 13.3. The summed E-state index contributed by atoms with van der Waals surface area (Å²) in [6, 6.07) is 0. The molecule has 100 valence electrons. The average Bonchev–Trinajstić information content (AvgIpc) is 2.58. The van der Waals surface area contributed by atoms with Crippen molar-refractivity contribution in [2.24, 2.45) is 16.7 Å². The smallest absolute Gasteiger partial charge is 0.222 e. The number of hydrogen-bond donors (Lipinski definition) is 1. The fourth-order valence-corrected chi connectivity index (χ4v) is 2.68. The minimum absolute atomic E-state index is 0.221. The van der Waals surface area contributed by atoms with Crippen molar-refractivity contribution in [3.05, 3.63) is 0 Å². The Morgan fingerprint density at radius 1 is 1.18 bits per heavy atom. The summed E-state index contributed by atoms with van der Waals surface area (Å²) in [6.07, 6.45) is 1.59. The second-order valence-corrected chi connectivity index (χ2v) is 6.59. The molecule has 0 aromatic rings.